The second-order valence-electron chi connectivity index (χ2n) is 5.38. The van der Waals surface area contributed by atoms with Gasteiger partial charge in [-0.25, -0.2) is 18.0 Å². The molecule has 134 valence electrons. The minimum atomic E-state index is -1.55. The van der Waals surface area contributed by atoms with Gasteiger partial charge in [-0.2, -0.15) is 0 Å². The van der Waals surface area contributed by atoms with E-state index < -0.39 is 34.4 Å². The van der Waals surface area contributed by atoms with Crippen molar-refractivity contribution in [3.63, 3.8) is 0 Å². The standard InChI is InChI=1S/C18H12F3NO4/c1-2-26-16-7-15-10(6-13(16)21)17(23)11(18(24)25)8-22(15)14-4-3-9(19)5-12(14)20/h3-8H,2H2,1H3,(H,24,25). The van der Waals surface area contributed by atoms with Crippen LogP contribution in [0.1, 0.15) is 17.3 Å². The summed E-state index contributed by atoms with van der Waals surface area (Å²) in [6.45, 7) is 1.77. The Hall–Kier alpha value is -3.29. The van der Waals surface area contributed by atoms with E-state index in [-0.39, 0.29) is 28.9 Å². The third-order valence-corrected chi connectivity index (χ3v) is 3.76. The molecule has 0 radical (unpaired) electrons. The molecule has 0 aliphatic heterocycles. The molecule has 3 aromatic rings. The Balaban J connectivity index is 2.46. The van der Waals surface area contributed by atoms with E-state index in [0.717, 1.165) is 29.0 Å². The summed E-state index contributed by atoms with van der Waals surface area (Å²) in [6.07, 6.45) is 0.914. The maximum atomic E-state index is 14.2. The van der Waals surface area contributed by atoms with Crippen molar-refractivity contribution < 1.29 is 27.8 Å². The molecule has 3 rings (SSSR count). The van der Waals surface area contributed by atoms with Gasteiger partial charge in [0, 0.05) is 18.3 Å². The van der Waals surface area contributed by atoms with Gasteiger partial charge in [0.15, 0.2) is 11.6 Å². The zero-order valence-electron chi connectivity index (χ0n) is 13.4. The fourth-order valence-corrected chi connectivity index (χ4v) is 2.62. The van der Waals surface area contributed by atoms with E-state index in [1.165, 1.54) is 6.07 Å². The van der Waals surface area contributed by atoms with Gasteiger partial charge < -0.3 is 14.4 Å². The first-order valence-corrected chi connectivity index (χ1v) is 7.54. The molecule has 0 bridgehead atoms. The molecule has 2 aromatic carbocycles. The van der Waals surface area contributed by atoms with Crippen LogP contribution in [0.3, 0.4) is 0 Å². The fraction of sp³-hybridized carbons (Fsp3) is 0.111. The summed E-state index contributed by atoms with van der Waals surface area (Å²) < 4.78 is 47.8. The first-order chi connectivity index (χ1) is 12.3. The highest BCUT2D eigenvalue weighted by molar-refractivity contribution is 5.93. The van der Waals surface area contributed by atoms with Gasteiger partial charge in [0.2, 0.25) is 5.43 Å². The van der Waals surface area contributed by atoms with Crippen LogP contribution in [0.4, 0.5) is 13.2 Å². The third-order valence-electron chi connectivity index (χ3n) is 3.76. The smallest absolute Gasteiger partial charge is 0.341 e. The first-order valence-electron chi connectivity index (χ1n) is 7.54. The summed E-state index contributed by atoms with van der Waals surface area (Å²) >= 11 is 0. The molecule has 0 saturated carbocycles. The highest BCUT2D eigenvalue weighted by Crippen LogP contribution is 2.27. The molecule has 1 N–H and O–H groups in total. The molecule has 0 aliphatic carbocycles. The number of pyridine rings is 1. The molecule has 8 heteroatoms. The molecule has 5 nitrogen and oxygen atoms in total. The Morgan fingerprint density at radius 3 is 2.50 bits per heavy atom. The molecule has 0 fully saturated rings. The predicted octanol–water partition coefficient (Wildman–Crippen LogP) is 3.50. The Bertz CT molecular complexity index is 1090. The number of carboxylic acid groups (broad SMARTS) is 1. The van der Waals surface area contributed by atoms with Crippen LogP contribution in [0.15, 0.2) is 41.3 Å². The number of aromatic nitrogens is 1. The van der Waals surface area contributed by atoms with Crippen LogP contribution in [-0.4, -0.2) is 22.2 Å². The molecular weight excluding hydrogens is 351 g/mol. The lowest BCUT2D eigenvalue weighted by atomic mass is 10.1. The number of benzene rings is 2. The lowest BCUT2D eigenvalue weighted by molar-refractivity contribution is 0.0695. The van der Waals surface area contributed by atoms with E-state index in [4.69, 9.17) is 4.74 Å². The van der Waals surface area contributed by atoms with Crippen LogP contribution in [0.5, 0.6) is 5.75 Å². The Morgan fingerprint density at radius 1 is 1.15 bits per heavy atom. The molecular formula is C18H12F3NO4. The predicted molar refractivity (Wildman–Crippen MR) is 87.5 cm³/mol. The van der Waals surface area contributed by atoms with Gasteiger partial charge in [0.05, 0.1) is 23.2 Å². The highest BCUT2D eigenvalue weighted by Gasteiger charge is 2.19. The number of carboxylic acids is 1. The molecule has 0 aliphatic rings. The average molecular weight is 363 g/mol. The van der Waals surface area contributed by atoms with Crippen molar-refractivity contribution in [1.29, 1.82) is 0 Å². The maximum absolute atomic E-state index is 14.2. The zero-order chi connectivity index (χ0) is 19.0. The molecule has 0 saturated heterocycles. The van der Waals surface area contributed by atoms with Gasteiger partial charge in [-0.05, 0) is 25.1 Å². The molecule has 0 amide bonds. The van der Waals surface area contributed by atoms with E-state index in [0.29, 0.717) is 6.07 Å². The van der Waals surface area contributed by atoms with Crippen LogP contribution in [0, 0.1) is 17.5 Å². The van der Waals surface area contributed by atoms with E-state index in [1.54, 1.807) is 6.92 Å². The molecule has 0 unspecified atom stereocenters. The van der Waals surface area contributed by atoms with E-state index in [9.17, 15) is 27.9 Å². The van der Waals surface area contributed by atoms with Gasteiger partial charge in [0.1, 0.15) is 17.2 Å². The van der Waals surface area contributed by atoms with Gasteiger partial charge >= 0.3 is 5.97 Å². The number of rotatable bonds is 4. The highest BCUT2D eigenvalue weighted by atomic mass is 19.1. The Kier molecular flexibility index (Phi) is 4.41. The summed E-state index contributed by atoms with van der Waals surface area (Å²) in [5.74, 6) is -4.39. The minimum Gasteiger partial charge on any atom is -0.491 e. The minimum absolute atomic E-state index is 0.0235. The number of halogens is 3. The lowest BCUT2D eigenvalue weighted by Crippen LogP contribution is -2.19. The molecule has 1 aromatic heterocycles. The molecule has 0 spiro atoms. The largest absolute Gasteiger partial charge is 0.491 e. The second-order valence-corrected chi connectivity index (χ2v) is 5.38. The van der Waals surface area contributed by atoms with Crippen LogP contribution >= 0.6 is 0 Å². The van der Waals surface area contributed by atoms with Crippen molar-refractivity contribution in [2.24, 2.45) is 0 Å². The number of aromatic carboxylic acids is 1. The summed E-state index contributed by atoms with van der Waals surface area (Å²) in [6, 6.07) is 4.70. The van der Waals surface area contributed by atoms with Crippen molar-refractivity contribution in [3.05, 3.63) is 69.8 Å². The number of hydrogen-bond donors (Lipinski definition) is 1. The van der Waals surface area contributed by atoms with Gasteiger partial charge in [-0.1, -0.05) is 0 Å². The number of fused-ring (bicyclic) bond motifs is 1. The quantitative estimate of drug-likeness (QED) is 0.770. The number of ether oxygens (including phenoxy) is 1. The fourth-order valence-electron chi connectivity index (χ4n) is 2.62. The summed E-state index contributed by atoms with van der Waals surface area (Å²) in [5.41, 5.74) is -1.78. The van der Waals surface area contributed by atoms with Crippen molar-refractivity contribution in [3.8, 4) is 11.4 Å². The van der Waals surface area contributed by atoms with E-state index in [2.05, 4.69) is 0 Å². The van der Waals surface area contributed by atoms with Crippen molar-refractivity contribution in [2.45, 2.75) is 6.92 Å². The SMILES string of the molecule is CCOc1cc2c(cc1F)c(=O)c(C(=O)O)cn2-c1ccc(F)cc1F. The van der Waals surface area contributed by atoms with Crippen LogP contribution in [0.25, 0.3) is 16.6 Å². The van der Waals surface area contributed by atoms with Gasteiger partial charge in [0.25, 0.3) is 0 Å². The molecule has 26 heavy (non-hydrogen) atoms. The number of hydrogen-bond acceptors (Lipinski definition) is 3. The summed E-state index contributed by atoms with van der Waals surface area (Å²) in [7, 11) is 0. The van der Waals surface area contributed by atoms with Gasteiger partial charge in [-0.15, -0.1) is 0 Å². The number of nitrogens with zero attached hydrogens (tertiary/aromatic N) is 1. The summed E-state index contributed by atoms with van der Waals surface area (Å²) in [5, 5.41) is 8.96. The zero-order valence-corrected chi connectivity index (χ0v) is 13.4. The van der Waals surface area contributed by atoms with E-state index in [1.807, 2.05) is 0 Å². The maximum Gasteiger partial charge on any atom is 0.341 e. The Morgan fingerprint density at radius 2 is 1.88 bits per heavy atom. The first kappa shape index (κ1) is 17.5. The van der Waals surface area contributed by atoms with Crippen molar-refractivity contribution in [2.75, 3.05) is 6.61 Å². The van der Waals surface area contributed by atoms with Crippen LogP contribution < -0.4 is 10.2 Å². The Labute approximate surface area is 144 Å². The van der Waals surface area contributed by atoms with Crippen LogP contribution in [0.2, 0.25) is 0 Å². The van der Waals surface area contributed by atoms with Gasteiger partial charge in [-0.3, -0.25) is 4.79 Å². The average Bonchev–Trinajstić information content (AvgIpc) is 2.57. The summed E-state index contributed by atoms with van der Waals surface area (Å²) in [4.78, 5) is 23.7. The third kappa shape index (κ3) is 2.90. The second kappa shape index (κ2) is 6.55. The number of carbonyl (C=O) groups is 1. The molecule has 1 heterocycles. The topological polar surface area (TPSA) is 68.5 Å². The normalized spacial score (nSPS) is 10.9. The monoisotopic (exact) mass is 363 g/mol. The molecule has 0 atom stereocenters. The lowest BCUT2D eigenvalue weighted by Gasteiger charge is -2.15. The van der Waals surface area contributed by atoms with Crippen molar-refractivity contribution >= 4 is 16.9 Å². The van der Waals surface area contributed by atoms with Crippen molar-refractivity contribution in [1.82, 2.24) is 4.57 Å². The van der Waals surface area contributed by atoms with Crippen LogP contribution in [-0.2, 0) is 0 Å². The van der Waals surface area contributed by atoms with E-state index >= 15 is 0 Å².